The lowest BCUT2D eigenvalue weighted by Gasteiger charge is -2.23. The van der Waals surface area contributed by atoms with Gasteiger partial charge in [0, 0.05) is 5.41 Å². The van der Waals surface area contributed by atoms with Crippen LogP contribution in [0.3, 0.4) is 0 Å². The van der Waals surface area contributed by atoms with Crippen LogP contribution in [0.5, 0.6) is 0 Å². The van der Waals surface area contributed by atoms with Crippen LogP contribution < -0.4 is 0 Å². The Morgan fingerprint density at radius 3 is 2.55 bits per heavy atom. The third kappa shape index (κ3) is 2.06. The van der Waals surface area contributed by atoms with Gasteiger partial charge in [-0.2, -0.15) is 0 Å². The Kier molecular flexibility index (Phi) is 3.14. The predicted molar refractivity (Wildman–Crippen MR) is 51.0 cm³/mol. The minimum absolute atomic E-state index is 0.129. The molecule has 64 valence electrons. The number of alkyl halides is 1. The maximum Gasteiger partial charge on any atom is 0.167 e. The Morgan fingerprint density at radius 2 is 2.09 bits per heavy atom. The fraction of sp³-hybridized carbons (Fsp3) is 0.875. The summed E-state index contributed by atoms with van der Waals surface area (Å²) in [6, 6.07) is 0.189. The number of hydrogen-bond donors (Lipinski definition) is 0. The van der Waals surface area contributed by atoms with E-state index in [1.54, 1.807) is 0 Å². The zero-order valence-electron chi connectivity index (χ0n) is 6.73. The molecule has 0 spiro atoms. The van der Waals surface area contributed by atoms with Gasteiger partial charge < -0.3 is 4.74 Å². The molecule has 1 aliphatic carbocycles. The van der Waals surface area contributed by atoms with Gasteiger partial charge in [-0.15, -0.1) is 0 Å². The Hall–Kier alpha value is 0.180. The monoisotopic (exact) mass is 192 g/mol. The van der Waals surface area contributed by atoms with E-state index in [1.165, 1.54) is 12.8 Å². The Labute approximate surface area is 78.1 Å². The molecule has 0 atom stereocenters. The lowest BCUT2D eigenvalue weighted by atomic mass is 9.90. The molecular weight excluding hydrogens is 180 g/mol. The summed E-state index contributed by atoms with van der Waals surface area (Å²) < 4.78 is 5.13. The first kappa shape index (κ1) is 9.27. The first-order valence-corrected chi connectivity index (χ1v) is 4.86. The van der Waals surface area contributed by atoms with Crippen molar-refractivity contribution in [2.75, 3.05) is 6.07 Å². The highest BCUT2D eigenvalue weighted by Gasteiger charge is 2.34. The summed E-state index contributed by atoms with van der Waals surface area (Å²) in [6.07, 6.45) is 4.84. The maximum absolute atomic E-state index is 5.43. The number of hydrogen-bond acceptors (Lipinski definition) is 2. The number of ether oxygens (including phenoxy) is 1. The summed E-state index contributed by atoms with van der Waals surface area (Å²) in [5.74, 6) is 0. The van der Waals surface area contributed by atoms with Crippen LogP contribution >= 0.6 is 23.8 Å². The molecule has 0 bridgehead atoms. The quantitative estimate of drug-likeness (QED) is 0.491. The largest absolute Gasteiger partial charge is 0.471 e. The Bertz CT molecular complexity index is 152. The van der Waals surface area contributed by atoms with Gasteiger partial charge in [-0.3, -0.25) is 0 Å². The molecule has 1 nitrogen and oxygen atoms in total. The van der Waals surface area contributed by atoms with Crippen molar-refractivity contribution < 1.29 is 4.74 Å². The maximum atomic E-state index is 5.43. The highest BCUT2D eigenvalue weighted by molar-refractivity contribution is 7.80. The average molecular weight is 193 g/mol. The SMILES string of the molecule is CC1(C(=S)OCCl)CCCC1. The van der Waals surface area contributed by atoms with Gasteiger partial charge in [-0.05, 0) is 25.1 Å². The molecule has 11 heavy (non-hydrogen) atoms. The van der Waals surface area contributed by atoms with Crippen molar-refractivity contribution in [1.82, 2.24) is 0 Å². The van der Waals surface area contributed by atoms with Gasteiger partial charge in [-0.1, -0.05) is 31.4 Å². The van der Waals surface area contributed by atoms with Crippen molar-refractivity contribution in [2.45, 2.75) is 32.6 Å². The minimum atomic E-state index is 0.129. The molecule has 1 aliphatic rings. The first-order valence-electron chi connectivity index (χ1n) is 3.92. The van der Waals surface area contributed by atoms with Gasteiger partial charge in [-0.25, -0.2) is 0 Å². The molecule has 0 unspecified atom stereocenters. The number of rotatable bonds is 2. The molecule has 0 saturated heterocycles. The van der Waals surface area contributed by atoms with Gasteiger partial charge in [0.25, 0.3) is 0 Å². The standard InChI is InChI=1S/C8H13ClOS/c1-8(4-2-3-5-8)7(11)10-6-9/h2-6H2,1H3. The highest BCUT2D eigenvalue weighted by atomic mass is 35.5. The van der Waals surface area contributed by atoms with E-state index in [4.69, 9.17) is 28.6 Å². The van der Waals surface area contributed by atoms with Crippen molar-refractivity contribution in [3.63, 3.8) is 0 Å². The molecular formula is C8H13ClOS. The molecule has 3 heteroatoms. The topological polar surface area (TPSA) is 9.23 Å². The van der Waals surface area contributed by atoms with E-state index in [0.717, 1.165) is 12.8 Å². The van der Waals surface area contributed by atoms with Crippen LogP contribution in [0.2, 0.25) is 0 Å². The predicted octanol–water partition coefficient (Wildman–Crippen LogP) is 3.11. The zero-order valence-corrected chi connectivity index (χ0v) is 8.30. The second-order valence-electron chi connectivity index (χ2n) is 3.31. The molecule has 1 saturated carbocycles. The Balaban J connectivity index is 2.49. The summed E-state index contributed by atoms with van der Waals surface area (Å²) in [6.45, 7) is 2.16. The minimum Gasteiger partial charge on any atom is -0.471 e. The lowest BCUT2D eigenvalue weighted by molar-refractivity contribution is 0.309. The van der Waals surface area contributed by atoms with Gasteiger partial charge in [0.15, 0.2) is 11.1 Å². The van der Waals surface area contributed by atoms with Crippen molar-refractivity contribution in [3.05, 3.63) is 0 Å². The molecule has 0 aromatic heterocycles. The third-order valence-electron chi connectivity index (χ3n) is 2.39. The van der Waals surface area contributed by atoms with Crippen molar-refractivity contribution >= 4 is 28.9 Å². The fourth-order valence-corrected chi connectivity index (χ4v) is 2.02. The zero-order chi connectivity index (χ0) is 8.32. The molecule has 0 aromatic carbocycles. The second kappa shape index (κ2) is 3.72. The smallest absolute Gasteiger partial charge is 0.167 e. The van der Waals surface area contributed by atoms with Crippen molar-refractivity contribution in [2.24, 2.45) is 5.41 Å². The molecule has 0 heterocycles. The lowest BCUT2D eigenvalue weighted by Crippen LogP contribution is -2.24. The van der Waals surface area contributed by atoms with Crippen LogP contribution in [0, 0.1) is 5.41 Å². The normalized spacial score (nSPS) is 21.6. The van der Waals surface area contributed by atoms with E-state index in [-0.39, 0.29) is 11.5 Å². The second-order valence-corrected chi connectivity index (χ2v) is 3.90. The van der Waals surface area contributed by atoms with Crippen molar-refractivity contribution in [3.8, 4) is 0 Å². The van der Waals surface area contributed by atoms with Gasteiger partial charge >= 0.3 is 0 Å². The number of halogens is 1. The average Bonchev–Trinajstić information content (AvgIpc) is 2.38. The van der Waals surface area contributed by atoms with Crippen LogP contribution in [0.1, 0.15) is 32.6 Å². The summed E-state index contributed by atoms with van der Waals surface area (Å²) in [4.78, 5) is 0. The van der Waals surface area contributed by atoms with Crippen LogP contribution in [0.4, 0.5) is 0 Å². The molecule has 0 radical (unpaired) electrons. The van der Waals surface area contributed by atoms with Gasteiger partial charge in [0.05, 0.1) is 0 Å². The van der Waals surface area contributed by atoms with Crippen LogP contribution in [0.25, 0.3) is 0 Å². The molecule has 0 amide bonds. The summed E-state index contributed by atoms with van der Waals surface area (Å²) >= 11 is 10.5. The van der Waals surface area contributed by atoms with E-state index in [9.17, 15) is 0 Å². The molecule has 0 aromatic rings. The fourth-order valence-electron chi connectivity index (χ4n) is 1.58. The molecule has 0 aliphatic heterocycles. The Morgan fingerprint density at radius 1 is 1.55 bits per heavy atom. The third-order valence-corrected chi connectivity index (χ3v) is 3.11. The molecule has 1 rings (SSSR count). The summed E-state index contributed by atoms with van der Waals surface area (Å²) in [5.41, 5.74) is 0.129. The van der Waals surface area contributed by atoms with Gasteiger partial charge in [0.2, 0.25) is 0 Å². The first-order chi connectivity index (χ1) is 5.19. The summed E-state index contributed by atoms with van der Waals surface area (Å²) in [7, 11) is 0. The highest BCUT2D eigenvalue weighted by Crippen LogP contribution is 2.39. The van der Waals surface area contributed by atoms with Crippen molar-refractivity contribution in [1.29, 1.82) is 0 Å². The molecule has 1 fully saturated rings. The van der Waals surface area contributed by atoms with E-state index in [1.807, 2.05) is 0 Å². The van der Waals surface area contributed by atoms with Gasteiger partial charge in [0.1, 0.15) is 0 Å². The molecule has 0 N–H and O–H groups in total. The van der Waals surface area contributed by atoms with E-state index in [2.05, 4.69) is 6.92 Å². The number of thiocarbonyl (C=S) groups is 1. The van der Waals surface area contributed by atoms with Crippen LogP contribution in [-0.2, 0) is 4.74 Å². The van der Waals surface area contributed by atoms with Crippen LogP contribution in [0.15, 0.2) is 0 Å². The summed E-state index contributed by atoms with van der Waals surface area (Å²) in [5, 5.41) is 0.699. The van der Waals surface area contributed by atoms with E-state index >= 15 is 0 Å². The van der Waals surface area contributed by atoms with Crippen LogP contribution in [-0.4, -0.2) is 11.1 Å². The van der Waals surface area contributed by atoms with E-state index < -0.39 is 0 Å². The van der Waals surface area contributed by atoms with E-state index in [0.29, 0.717) is 5.05 Å².